The molecular formula is C21H26N2O2. The molecular weight excluding hydrogens is 312 g/mol. The minimum atomic E-state index is -0.706. The second-order valence-electron chi connectivity index (χ2n) is 7.04. The predicted octanol–water partition coefficient (Wildman–Crippen LogP) is 3.86. The van der Waals surface area contributed by atoms with Gasteiger partial charge in [-0.05, 0) is 61.9 Å². The van der Waals surface area contributed by atoms with Gasteiger partial charge in [-0.3, -0.25) is 14.7 Å². The van der Waals surface area contributed by atoms with Crippen LogP contribution in [0.4, 0.5) is 0 Å². The molecule has 1 saturated heterocycles. The molecule has 1 unspecified atom stereocenters. The zero-order valence-electron chi connectivity index (χ0n) is 14.8. The van der Waals surface area contributed by atoms with Gasteiger partial charge in [-0.1, -0.05) is 36.4 Å². The topological polar surface area (TPSA) is 53.4 Å². The Morgan fingerprint density at radius 2 is 1.92 bits per heavy atom. The fraction of sp³-hybridized carbons (Fsp3) is 0.429. The molecule has 2 heterocycles. The minimum Gasteiger partial charge on any atom is -0.481 e. The molecule has 1 aromatic carbocycles. The van der Waals surface area contributed by atoms with Crippen LogP contribution in [0.15, 0.2) is 48.7 Å². The van der Waals surface area contributed by atoms with Crippen molar-refractivity contribution in [3.63, 3.8) is 0 Å². The van der Waals surface area contributed by atoms with E-state index in [4.69, 9.17) is 0 Å². The lowest BCUT2D eigenvalue weighted by Gasteiger charge is -2.36. The van der Waals surface area contributed by atoms with Crippen LogP contribution in [0.1, 0.15) is 42.0 Å². The molecule has 132 valence electrons. The van der Waals surface area contributed by atoms with Crippen molar-refractivity contribution >= 4 is 5.97 Å². The number of hydrogen-bond acceptors (Lipinski definition) is 3. The maximum atomic E-state index is 11.3. The molecule has 25 heavy (non-hydrogen) atoms. The molecule has 1 aromatic heterocycles. The van der Waals surface area contributed by atoms with E-state index in [9.17, 15) is 9.90 Å². The van der Waals surface area contributed by atoms with Crippen molar-refractivity contribution in [2.75, 3.05) is 13.1 Å². The Balaban J connectivity index is 1.61. The molecule has 0 radical (unpaired) electrons. The number of likely N-dealkylation sites (tertiary alicyclic amines) is 1. The summed E-state index contributed by atoms with van der Waals surface area (Å²) in [5, 5.41) is 9.33. The third kappa shape index (κ3) is 4.89. The summed E-state index contributed by atoms with van der Waals surface area (Å²) < 4.78 is 0. The monoisotopic (exact) mass is 338 g/mol. The second-order valence-corrected chi connectivity index (χ2v) is 7.04. The Bertz CT molecular complexity index is 677. The molecule has 0 saturated carbocycles. The number of benzene rings is 1. The molecule has 3 rings (SSSR count). The van der Waals surface area contributed by atoms with E-state index < -0.39 is 5.97 Å². The molecule has 1 aliphatic heterocycles. The maximum absolute atomic E-state index is 11.3. The fourth-order valence-electron chi connectivity index (χ4n) is 3.81. The first-order valence-electron chi connectivity index (χ1n) is 9.02. The minimum absolute atomic E-state index is 0.113. The van der Waals surface area contributed by atoms with Crippen LogP contribution in [0.5, 0.6) is 0 Å². The van der Waals surface area contributed by atoms with Gasteiger partial charge in [0.05, 0.1) is 6.42 Å². The molecule has 1 fully saturated rings. The summed E-state index contributed by atoms with van der Waals surface area (Å²) in [4.78, 5) is 18.2. The predicted molar refractivity (Wildman–Crippen MR) is 98.4 cm³/mol. The lowest BCUT2D eigenvalue weighted by Crippen LogP contribution is -2.35. The number of aliphatic carboxylic acids is 1. The average molecular weight is 338 g/mol. The van der Waals surface area contributed by atoms with E-state index in [1.807, 2.05) is 31.3 Å². The Labute approximate surface area is 149 Å². The van der Waals surface area contributed by atoms with Crippen LogP contribution in [0.2, 0.25) is 0 Å². The first-order valence-corrected chi connectivity index (χ1v) is 9.02. The fourth-order valence-corrected chi connectivity index (χ4v) is 3.81. The number of aryl methyl sites for hydroxylation is 1. The van der Waals surface area contributed by atoms with E-state index in [-0.39, 0.29) is 12.3 Å². The van der Waals surface area contributed by atoms with E-state index in [1.165, 1.54) is 5.56 Å². The summed E-state index contributed by atoms with van der Waals surface area (Å²) in [6.07, 6.45) is 4.27. The number of carboxylic acids is 1. The number of carbonyl (C=O) groups is 1. The Hall–Kier alpha value is -2.20. The van der Waals surface area contributed by atoms with Crippen LogP contribution in [0.3, 0.4) is 0 Å². The van der Waals surface area contributed by atoms with Crippen LogP contribution >= 0.6 is 0 Å². The molecule has 0 bridgehead atoms. The van der Waals surface area contributed by atoms with Gasteiger partial charge in [-0.2, -0.15) is 0 Å². The number of hydrogen-bond donors (Lipinski definition) is 1. The highest BCUT2D eigenvalue weighted by Gasteiger charge is 2.29. The van der Waals surface area contributed by atoms with Crippen molar-refractivity contribution in [2.24, 2.45) is 5.92 Å². The van der Waals surface area contributed by atoms with Crippen LogP contribution < -0.4 is 0 Å². The number of rotatable bonds is 6. The smallest absolute Gasteiger partial charge is 0.303 e. The number of piperidine rings is 1. The highest BCUT2D eigenvalue weighted by molar-refractivity contribution is 5.68. The zero-order valence-corrected chi connectivity index (χ0v) is 14.8. The van der Waals surface area contributed by atoms with Crippen molar-refractivity contribution in [3.05, 3.63) is 65.5 Å². The molecule has 0 spiro atoms. The van der Waals surface area contributed by atoms with Crippen LogP contribution in [-0.2, 0) is 11.3 Å². The normalized spacial score (nSPS) is 17.3. The van der Waals surface area contributed by atoms with Crippen LogP contribution in [0, 0.1) is 12.8 Å². The van der Waals surface area contributed by atoms with Crippen LogP contribution in [-0.4, -0.2) is 34.0 Å². The highest BCUT2D eigenvalue weighted by atomic mass is 16.4. The lowest BCUT2D eigenvalue weighted by atomic mass is 9.78. The highest BCUT2D eigenvalue weighted by Crippen LogP contribution is 2.35. The van der Waals surface area contributed by atoms with Gasteiger partial charge in [0, 0.05) is 18.4 Å². The standard InChI is InChI=1S/C21H26N2O2/c1-16-7-8-17(14-22-16)15-23-11-9-19(10-12-23)20(13-21(24)25)18-5-3-2-4-6-18/h2-8,14,19-20H,9-13,15H2,1H3,(H,24,25). The van der Waals surface area contributed by atoms with Crippen molar-refractivity contribution in [1.82, 2.24) is 9.88 Å². The van der Waals surface area contributed by atoms with Gasteiger partial charge in [0.25, 0.3) is 0 Å². The molecule has 0 amide bonds. The van der Waals surface area contributed by atoms with E-state index in [0.29, 0.717) is 5.92 Å². The largest absolute Gasteiger partial charge is 0.481 e. The van der Waals surface area contributed by atoms with E-state index in [0.717, 1.165) is 43.7 Å². The number of aromatic nitrogens is 1. The zero-order chi connectivity index (χ0) is 17.6. The van der Waals surface area contributed by atoms with Crippen molar-refractivity contribution < 1.29 is 9.90 Å². The summed E-state index contributed by atoms with van der Waals surface area (Å²) in [6, 6.07) is 14.3. The Kier molecular flexibility index (Phi) is 5.82. The SMILES string of the molecule is Cc1ccc(CN2CCC(C(CC(=O)O)c3ccccc3)CC2)cn1. The van der Waals surface area contributed by atoms with Gasteiger partial charge in [0.1, 0.15) is 0 Å². The maximum Gasteiger partial charge on any atom is 0.303 e. The van der Waals surface area contributed by atoms with Gasteiger partial charge in [0.2, 0.25) is 0 Å². The van der Waals surface area contributed by atoms with Gasteiger partial charge >= 0.3 is 5.97 Å². The Morgan fingerprint density at radius 3 is 2.52 bits per heavy atom. The summed E-state index contributed by atoms with van der Waals surface area (Å²) in [7, 11) is 0. The van der Waals surface area contributed by atoms with Gasteiger partial charge in [0.15, 0.2) is 0 Å². The third-order valence-electron chi connectivity index (χ3n) is 5.20. The Morgan fingerprint density at radius 1 is 1.20 bits per heavy atom. The molecule has 1 aliphatic rings. The van der Waals surface area contributed by atoms with Crippen molar-refractivity contribution in [2.45, 2.75) is 38.6 Å². The van der Waals surface area contributed by atoms with E-state index in [2.05, 4.69) is 34.1 Å². The second kappa shape index (κ2) is 8.26. The van der Waals surface area contributed by atoms with Gasteiger partial charge in [-0.25, -0.2) is 0 Å². The van der Waals surface area contributed by atoms with Crippen LogP contribution in [0.25, 0.3) is 0 Å². The van der Waals surface area contributed by atoms with E-state index >= 15 is 0 Å². The molecule has 4 heteroatoms. The first kappa shape index (κ1) is 17.6. The molecule has 1 N–H and O–H groups in total. The average Bonchev–Trinajstić information content (AvgIpc) is 2.63. The summed E-state index contributed by atoms with van der Waals surface area (Å²) in [6.45, 7) is 4.96. The molecule has 4 nitrogen and oxygen atoms in total. The summed E-state index contributed by atoms with van der Waals surface area (Å²) in [5.41, 5.74) is 3.45. The number of carboxylic acid groups (broad SMARTS) is 1. The molecule has 2 aromatic rings. The number of pyridine rings is 1. The van der Waals surface area contributed by atoms with Gasteiger partial charge in [-0.15, -0.1) is 0 Å². The quantitative estimate of drug-likeness (QED) is 0.869. The third-order valence-corrected chi connectivity index (χ3v) is 5.20. The van der Waals surface area contributed by atoms with Crippen molar-refractivity contribution in [3.8, 4) is 0 Å². The number of nitrogens with zero attached hydrogens (tertiary/aromatic N) is 2. The first-order chi connectivity index (χ1) is 12.1. The molecule has 0 aliphatic carbocycles. The van der Waals surface area contributed by atoms with Crippen molar-refractivity contribution in [1.29, 1.82) is 0 Å². The molecule has 1 atom stereocenters. The summed E-state index contributed by atoms with van der Waals surface area (Å²) >= 11 is 0. The summed E-state index contributed by atoms with van der Waals surface area (Å²) in [5.74, 6) is -0.158. The van der Waals surface area contributed by atoms with Gasteiger partial charge < -0.3 is 5.11 Å². The van der Waals surface area contributed by atoms with E-state index in [1.54, 1.807) is 0 Å². The lowest BCUT2D eigenvalue weighted by molar-refractivity contribution is -0.137.